The van der Waals surface area contributed by atoms with Gasteiger partial charge in [-0.15, -0.1) is 14.6 Å². The Labute approximate surface area is 29.7 Å². The van der Waals surface area contributed by atoms with E-state index < -0.39 is 0 Å². The Morgan fingerprint density at radius 1 is 2.00 bits per heavy atom. The molecule has 0 aromatic heterocycles. The fourth-order valence-electron chi connectivity index (χ4n) is 0. The van der Waals surface area contributed by atoms with Gasteiger partial charge in [0.15, 0.2) is 0 Å². The van der Waals surface area contributed by atoms with Crippen LogP contribution in [0.2, 0.25) is 6.82 Å². The van der Waals surface area contributed by atoms with E-state index >= 15 is 0 Å². The van der Waals surface area contributed by atoms with E-state index in [0.29, 0.717) is 0 Å². The van der Waals surface area contributed by atoms with Crippen LogP contribution in [0.3, 0.4) is 0 Å². The maximum atomic E-state index is 3.16. The van der Waals surface area contributed by atoms with Gasteiger partial charge < -0.3 is 0 Å². The van der Waals surface area contributed by atoms with Crippen LogP contribution >= 0.6 is 8.86 Å². The van der Waals surface area contributed by atoms with Crippen molar-refractivity contribution < 1.29 is 0 Å². The molecule has 0 N–H and O–H groups in total. The lowest BCUT2D eigenvalue weighted by Gasteiger charge is -1.51. The number of hydrogen-bond acceptors (Lipinski definition) is 0. The quantitative estimate of drug-likeness (QED) is 0.310. The molecule has 0 aromatic rings. The zero-order chi connectivity index (χ0) is 3.41. The average molecular weight is 71.9 g/mol. The molecule has 0 saturated heterocycles. The highest BCUT2D eigenvalue weighted by molar-refractivity contribution is 7.26. The first-order valence-corrected chi connectivity index (χ1v) is 1.98. The van der Waals surface area contributed by atoms with Gasteiger partial charge in [-0.2, -0.15) is 0 Å². The Hall–Kier alpha value is 0.235. The van der Waals surface area contributed by atoms with E-state index in [9.17, 15) is 0 Å². The summed E-state index contributed by atoms with van der Waals surface area (Å²) < 4.78 is 0. The summed E-state index contributed by atoms with van der Waals surface area (Å²) in [5.74, 6) is 0. The summed E-state index contributed by atoms with van der Waals surface area (Å²) >= 11 is 0. The van der Waals surface area contributed by atoms with E-state index in [1.807, 2.05) is 5.70 Å². The number of hydrogen-bond donors (Lipinski definition) is 0. The second-order valence-electron chi connectivity index (χ2n) is 0.612. The number of rotatable bonds is 1. The van der Waals surface area contributed by atoms with E-state index in [-0.39, 0.29) is 0 Å². The summed E-state index contributed by atoms with van der Waals surface area (Å²) in [7, 11) is 4.27. The van der Waals surface area contributed by atoms with Crippen molar-refractivity contribution in [2.45, 2.75) is 6.82 Å². The maximum Gasteiger partial charge on any atom is 0.150 e. The van der Waals surface area contributed by atoms with Gasteiger partial charge in [-0.1, -0.05) is 6.82 Å². The van der Waals surface area contributed by atoms with Crippen LogP contribution in [0.4, 0.5) is 0 Å². The summed E-state index contributed by atoms with van der Waals surface area (Å²) in [6.45, 7) is 2.08. The minimum Gasteiger partial charge on any atom is -0.137 e. The first kappa shape index (κ1) is 4.23. The van der Waals surface area contributed by atoms with Crippen molar-refractivity contribution in [1.29, 1.82) is 0 Å². The van der Waals surface area contributed by atoms with Gasteiger partial charge in [0, 0.05) is 0 Å². The van der Waals surface area contributed by atoms with Crippen molar-refractivity contribution in [3.63, 3.8) is 0 Å². The van der Waals surface area contributed by atoms with Crippen LogP contribution in [0.25, 0.3) is 0 Å². The fraction of sp³-hybridized carbons (Fsp3) is 0.500. The standard InChI is InChI=1S/C2H6BP/c1-3-2-4/h2-4H,1H3. The Morgan fingerprint density at radius 3 is 2.25 bits per heavy atom. The molecule has 0 aromatic carbocycles. The van der Waals surface area contributed by atoms with Gasteiger partial charge in [0.1, 0.15) is 7.28 Å². The summed E-state index contributed by atoms with van der Waals surface area (Å²) in [4.78, 5) is 0. The maximum absolute atomic E-state index is 3.16. The van der Waals surface area contributed by atoms with Gasteiger partial charge in [0.25, 0.3) is 0 Å². The largest absolute Gasteiger partial charge is 0.150 e. The minimum absolute atomic E-state index is 1.11. The molecule has 0 amide bonds. The fourth-order valence-corrected chi connectivity index (χ4v) is 0. The lowest BCUT2D eigenvalue weighted by molar-refractivity contribution is 2.36. The van der Waals surface area contributed by atoms with Crippen LogP contribution in [0.5, 0.6) is 0 Å². The molecular formula is C2H6BP. The first-order valence-electron chi connectivity index (χ1n) is 1.40. The Bertz CT molecular complexity index is 20.0. The highest BCUT2D eigenvalue weighted by Gasteiger charge is 1.53. The topological polar surface area (TPSA) is 0 Å². The predicted octanol–water partition coefficient (Wildman–Crippen LogP) is 0.373. The summed E-state index contributed by atoms with van der Waals surface area (Å²) in [5.41, 5.74) is 1.93. The molecule has 2 heteroatoms. The lowest BCUT2D eigenvalue weighted by Crippen LogP contribution is -1.71. The van der Waals surface area contributed by atoms with Crippen LogP contribution in [-0.2, 0) is 0 Å². The second-order valence-corrected chi connectivity index (χ2v) is 1.02. The second kappa shape index (κ2) is 3.23. The van der Waals surface area contributed by atoms with Crippen molar-refractivity contribution in [2.75, 3.05) is 0 Å². The third-order valence-electron chi connectivity index (χ3n) is 0.204. The molecule has 0 aliphatic rings. The molecule has 0 spiro atoms. The van der Waals surface area contributed by atoms with Gasteiger partial charge in [0.05, 0.1) is 0 Å². The van der Waals surface area contributed by atoms with Crippen LogP contribution in [-0.4, -0.2) is 13.0 Å². The molecule has 0 rings (SSSR count). The van der Waals surface area contributed by atoms with Crippen LogP contribution in [0.15, 0.2) is 0 Å². The van der Waals surface area contributed by atoms with Crippen molar-refractivity contribution in [2.24, 2.45) is 0 Å². The van der Waals surface area contributed by atoms with Crippen molar-refractivity contribution in [1.82, 2.24) is 0 Å². The van der Waals surface area contributed by atoms with E-state index in [2.05, 4.69) is 15.7 Å². The Kier molecular flexibility index (Phi) is 3.42. The first-order chi connectivity index (χ1) is 1.91. The van der Waals surface area contributed by atoms with Crippen LogP contribution < -0.4 is 0 Å². The molecule has 4 heavy (non-hydrogen) atoms. The van der Waals surface area contributed by atoms with Gasteiger partial charge in [0.2, 0.25) is 0 Å². The highest BCUT2D eigenvalue weighted by Crippen LogP contribution is 1.48. The van der Waals surface area contributed by atoms with Crippen molar-refractivity contribution in [3.8, 4) is 0 Å². The average Bonchev–Trinajstić information content (AvgIpc) is 1.37. The molecule has 22 valence electrons. The normalized spacial score (nSPS) is 5.25. The van der Waals surface area contributed by atoms with E-state index in [0.717, 1.165) is 7.28 Å². The molecule has 0 aliphatic carbocycles. The van der Waals surface area contributed by atoms with E-state index in [1.165, 1.54) is 0 Å². The van der Waals surface area contributed by atoms with Gasteiger partial charge >= 0.3 is 0 Å². The smallest absolute Gasteiger partial charge is 0.137 e. The van der Waals surface area contributed by atoms with Gasteiger partial charge in [-0.25, -0.2) is 0 Å². The molecule has 0 aliphatic heterocycles. The van der Waals surface area contributed by atoms with Crippen molar-refractivity contribution >= 4 is 21.8 Å². The van der Waals surface area contributed by atoms with Crippen LogP contribution in [0.1, 0.15) is 0 Å². The van der Waals surface area contributed by atoms with Crippen LogP contribution in [0, 0.1) is 0 Å². The van der Waals surface area contributed by atoms with E-state index in [1.54, 1.807) is 0 Å². The molecule has 0 bridgehead atoms. The molecule has 0 heterocycles. The molecule has 0 unspecified atom stereocenters. The zero-order valence-corrected chi connectivity index (χ0v) is 3.78. The molecular weight excluding hydrogens is 65.8 g/mol. The monoisotopic (exact) mass is 72.0 g/mol. The SMILES string of the molecule is CBC=P. The molecule has 0 saturated carbocycles. The predicted molar refractivity (Wildman–Crippen MR) is 27.4 cm³/mol. The lowest BCUT2D eigenvalue weighted by atomic mass is 9.87. The molecule has 0 nitrogen and oxygen atoms in total. The molecule has 0 fully saturated rings. The molecule has 0 atom stereocenters. The van der Waals surface area contributed by atoms with Gasteiger partial charge in [-0.05, 0) is 0 Å². The third kappa shape index (κ3) is 2.23. The van der Waals surface area contributed by atoms with E-state index in [4.69, 9.17) is 0 Å². The summed E-state index contributed by atoms with van der Waals surface area (Å²) in [5, 5.41) is 0. The Balaban J connectivity index is 2.30. The molecule has 0 radical (unpaired) electrons. The van der Waals surface area contributed by atoms with Gasteiger partial charge in [-0.3, -0.25) is 0 Å². The zero-order valence-electron chi connectivity index (χ0n) is 2.78. The minimum atomic E-state index is 1.11. The summed E-state index contributed by atoms with van der Waals surface area (Å²) in [6, 6.07) is 0. The highest BCUT2D eigenvalue weighted by atomic mass is 31.0. The van der Waals surface area contributed by atoms with Crippen molar-refractivity contribution in [3.05, 3.63) is 0 Å². The Morgan fingerprint density at radius 2 is 2.25 bits per heavy atom. The third-order valence-corrected chi connectivity index (χ3v) is 0.612. The summed E-state index contributed by atoms with van der Waals surface area (Å²) in [6.07, 6.45) is 0.